The van der Waals surface area contributed by atoms with Crippen molar-refractivity contribution in [3.8, 4) is 0 Å². The number of anilines is 1. The van der Waals surface area contributed by atoms with Gasteiger partial charge in [-0.3, -0.25) is 4.79 Å². The van der Waals surface area contributed by atoms with E-state index in [1.54, 1.807) is 0 Å². The molecule has 0 aliphatic carbocycles. The number of rotatable bonds is 5. The third-order valence-electron chi connectivity index (χ3n) is 2.16. The molecule has 4 heteroatoms. The van der Waals surface area contributed by atoms with E-state index in [0.29, 0.717) is 0 Å². The number of para-hydroxylation sites is 1. The topological polar surface area (TPSA) is 58.4 Å². The van der Waals surface area contributed by atoms with Crippen LogP contribution in [0.1, 0.15) is 5.56 Å². The van der Waals surface area contributed by atoms with Gasteiger partial charge in [-0.15, -0.1) is 0 Å². The molecule has 82 valence electrons. The number of benzene rings is 1. The van der Waals surface area contributed by atoms with Crippen molar-refractivity contribution in [2.24, 2.45) is 5.73 Å². The number of nitrogens with two attached hydrogens (primary N) is 1. The van der Waals surface area contributed by atoms with Crippen molar-refractivity contribution in [3.63, 3.8) is 0 Å². The minimum absolute atomic E-state index is 0.237. The molecule has 1 aromatic rings. The Labute approximate surface area is 90.1 Å². The summed E-state index contributed by atoms with van der Waals surface area (Å²) in [5.41, 5.74) is 7.35. The van der Waals surface area contributed by atoms with E-state index < -0.39 is 0 Å². The zero-order valence-corrected chi connectivity index (χ0v) is 9.16. The molecule has 1 rings (SSSR count). The molecule has 0 radical (unpaired) electrons. The van der Waals surface area contributed by atoms with E-state index in [2.05, 4.69) is 5.32 Å². The molecule has 0 aromatic heterocycles. The summed E-state index contributed by atoms with van der Waals surface area (Å²) in [6.45, 7) is 1.01. The molecule has 4 nitrogen and oxygen atoms in total. The highest BCUT2D eigenvalue weighted by Gasteiger charge is 2.07. The molecule has 0 heterocycles. The minimum Gasteiger partial charge on any atom is -0.368 e. The first kappa shape index (κ1) is 11.5. The van der Waals surface area contributed by atoms with Crippen LogP contribution in [0, 0.1) is 0 Å². The molecular weight excluding hydrogens is 190 g/mol. The SMILES string of the molecule is CNCc1ccccc1N(C)CC(N)=O. The number of hydrogen-bond donors (Lipinski definition) is 2. The monoisotopic (exact) mass is 207 g/mol. The lowest BCUT2D eigenvalue weighted by molar-refractivity contribution is -0.116. The molecule has 0 fully saturated rings. The van der Waals surface area contributed by atoms with Gasteiger partial charge in [0, 0.05) is 19.3 Å². The van der Waals surface area contributed by atoms with Crippen LogP contribution in [0.25, 0.3) is 0 Å². The van der Waals surface area contributed by atoms with Gasteiger partial charge < -0.3 is 16.0 Å². The van der Waals surface area contributed by atoms with Crippen LogP contribution in [-0.4, -0.2) is 26.5 Å². The third-order valence-corrected chi connectivity index (χ3v) is 2.16. The standard InChI is InChI=1S/C11H17N3O/c1-13-7-9-5-3-4-6-10(9)14(2)8-11(12)15/h3-6,13H,7-8H2,1-2H3,(H2,12,15). The average molecular weight is 207 g/mol. The number of primary amides is 1. The van der Waals surface area contributed by atoms with E-state index in [9.17, 15) is 4.79 Å². The summed E-state index contributed by atoms with van der Waals surface area (Å²) in [5.74, 6) is -0.322. The van der Waals surface area contributed by atoms with Crippen LogP contribution in [0.5, 0.6) is 0 Å². The Balaban J connectivity index is 2.86. The first-order valence-corrected chi connectivity index (χ1v) is 4.87. The molecule has 3 N–H and O–H groups in total. The van der Waals surface area contributed by atoms with Crippen LogP contribution in [0.3, 0.4) is 0 Å². The van der Waals surface area contributed by atoms with Gasteiger partial charge in [-0.25, -0.2) is 0 Å². The van der Waals surface area contributed by atoms with Gasteiger partial charge in [-0.1, -0.05) is 18.2 Å². The molecule has 0 atom stereocenters. The fourth-order valence-electron chi connectivity index (χ4n) is 1.54. The highest BCUT2D eigenvalue weighted by atomic mass is 16.1. The summed E-state index contributed by atoms with van der Waals surface area (Å²) in [6.07, 6.45) is 0. The van der Waals surface area contributed by atoms with Crippen molar-refractivity contribution in [1.29, 1.82) is 0 Å². The summed E-state index contributed by atoms with van der Waals surface area (Å²) >= 11 is 0. The van der Waals surface area contributed by atoms with Gasteiger partial charge in [0.25, 0.3) is 0 Å². The molecule has 0 unspecified atom stereocenters. The van der Waals surface area contributed by atoms with Gasteiger partial charge in [0.15, 0.2) is 0 Å². The lowest BCUT2D eigenvalue weighted by Crippen LogP contribution is -2.31. The summed E-state index contributed by atoms with van der Waals surface area (Å²) in [4.78, 5) is 12.7. The number of carbonyl (C=O) groups excluding carboxylic acids is 1. The van der Waals surface area contributed by atoms with Crippen molar-refractivity contribution >= 4 is 11.6 Å². The van der Waals surface area contributed by atoms with Gasteiger partial charge in [-0.05, 0) is 18.7 Å². The van der Waals surface area contributed by atoms with E-state index in [0.717, 1.165) is 17.8 Å². The highest BCUT2D eigenvalue weighted by Crippen LogP contribution is 2.18. The maximum atomic E-state index is 10.8. The second kappa shape index (κ2) is 5.36. The van der Waals surface area contributed by atoms with E-state index in [1.165, 1.54) is 0 Å². The Kier molecular flexibility index (Phi) is 4.12. The molecule has 1 amide bonds. The predicted octanol–water partition coefficient (Wildman–Crippen LogP) is 0.328. The van der Waals surface area contributed by atoms with Gasteiger partial charge in [0.2, 0.25) is 5.91 Å². The molecule has 0 bridgehead atoms. The highest BCUT2D eigenvalue weighted by molar-refractivity contribution is 5.79. The second-order valence-electron chi connectivity index (χ2n) is 3.48. The Hall–Kier alpha value is -1.55. The Morgan fingerprint density at radius 2 is 2.13 bits per heavy atom. The Bertz CT molecular complexity index is 338. The maximum absolute atomic E-state index is 10.8. The first-order valence-electron chi connectivity index (χ1n) is 4.87. The van der Waals surface area contributed by atoms with E-state index >= 15 is 0 Å². The summed E-state index contributed by atoms with van der Waals surface area (Å²) in [6, 6.07) is 7.94. The smallest absolute Gasteiger partial charge is 0.236 e. The van der Waals surface area contributed by atoms with Crippen molar-refractivity contribution < 1.29 is 4.79 Å². The van der Waals surface area contributed by atoms with Gasteiger partial charge in [-0.2, -0.15) is 0 Å². The van der Waals surface area contributed by atoms with Crippen LogP contribution in [0.4, 0.5) is 5.69 Å². The van der Waals surface area contributed by atoms with Crippen LogP contribution in [0.2, 0.25) is 0 Å². The van der Waals surface area contributed by atoms with Gasteiger partial charge in [0.05, 0.1) is 6.54 Å². The molecular formula is C11H17N3O. The maximum Gasteiger partial charge on any atom is 0.236 e. The molecule has 1 aromatic carbocycles. The number of carbonyl (C=O) groups is 1. The summed E-state index contributed by atoms with van der Waals surface area (Å²) in [5, 5.41) is 3.09. The van der Waals surface area contributed by atoms with Gasteiger partial charge >= 0.3 is 0 Å². The third kappa shape index (κ3) is 3.25. The lowest BCUT2D eigenvalue weighted by atomic mass is 10.1. The second-order valence-corrected chi connectivity index (χ2v) is 3.48. The largest absolute Gasteiger partial charge is 0.368 e. The zero-order chi connectivity index (χ0) is 11.3. The zero-order valence-electron chi connectivity index (χ0n) is 9.16. The fraction of sp³-hybridized carbons (Fsp3) is 0.364. The van der Waals surface area contributed by atoms with Crippen molar-refractivity contribution in [2.75, 3.05) is 25.5 Å². The van der Waals surface area contributed by atoms with Crippen molar-refractivity contribution in [3.05, 3.63) is 29.8 Å². The molecule has 0 aliphatic rings. The number of hydrogen-bond acceptors (Lipinski definition) is 3. The number of amides is 1. The first-order chi connectivity index (χ1) is 7.15. The van der Waals surface area contributed by atoms with E-state index in [-0.39, 0.29) is 12.5 Å². The summed E-state index contributed by atoms with van der Waals surface area (Å²) < 4.78 is 0. The summed E-state index contributed by atoms with van der Waals surface area (Å²) in [7, 11) is 3.75. The van der Waals surface area contributed by atoms with Crippen LogP contribution in [-0.2, 0) is 11.3 Å². The number of nitrogens with one attached hydrogen (secondary N) is 1. The minimum atomic E-state index is -0.322. The average Bonchev–Trinajstić information content (AvgIpc) is 2.18. The molecule has 0 aliphatic heterocycles. The molecule has 0 spiro atoms. The fourth-order valence-corrected chi connectivity index (χ4v) is 1.54. The van der Waals surface area contributed by atoms with Crippen LogP contribution >= 0.6 is 0 Å². The van der Waals surface area contributed by atoms with Crippen molar-refractivity contribution in [1.82, 2.24) is 5.32 Å². The number of nitrogens with zero attached hydrogens (tertiary/aromatic N) is 1. The molecule has 0 saturated carbocycles. The van der Waals surface area contributed by atoms with Crippen LogP contribution in [0.15, 0.2) is 24.3 Å². The predicted molar refractivity (Wildman–Crippen MR) is 61.7 cm³/mol. The molecule has 0 saturated heterocycles. The normalized spacial score (nSPS) is 10.0. The van der Waals surface area contributed by atoms with Crippen LogP contribution < -0.4 is 16.0 Å². The Morgan fingerprint density at radius 3 is 2.73 bits per heavy atom. The van der Waals surface area contributed by atoms with Crippen molar-refractivity contribution in [2.45, 2.75) is 6.54 Å². The number of likely N-dealkylation sites (N-methyl/N-ethyl adjacent to an activating group) is 1. The van der Waals surface area contributed by atoms with E-state index in [4.69, 9.17) is 5.73 Å². The Morgan fingerprint density at radius 1 is 1.47 bits per heavy atom. The molecule has 15 heavy (non-hydrogen) atoms. The quantitative estimate of drug-likeness (QED) is 0.731. The van der Waals surface area contributed by atoms with E-state index in [1.807, 2.05) is 43.3 Å². The van der Waals surface area contributed by atoms with Gasteiger partial charge in [0.1, 0.15) is 0 Å². The lowest BCUT2D eigenvalue weighted by Gasteiger charge is -2.20.